The summed E-state index contributed by atoms with van der Waals surface area (Å²) in [7, 11) is -0.971. The van der Waals surface area contributed by atoms with Gasteiger partial charge in [-0.05, 0) is 12.8 Å². The summed E-state index contributed by atoms with van der Waals surface area (Å²) in [6, 6.07) is 0. The van der Waals surface area contributed by atoms with E-state index in [-0.39, 0.29) is 0 Å². The van der Waals surface area contributed by atoms with Gasteiger partial charge in [0.2, 0.25) is 0 Å². The summed E-state index contributed by atoms with van der Waals surface area (Å²) in [5, 5.41) is 0.968. The van der Waals surface area contributed by atoms with E-state index in [2.05, 4.69) is 6.58 Å². The van der Waals surface area contributed by atoms with Gasteiger partial charge in [0.05, 0.1) is 7.80 Å². The van der Waals surface area contributed by atoms with Crippen molar-refractivity contribution in [3.8, 4) is 0 Å². The van der Waals surface area contributed by atoms with Crippen LogP contribution in [0.15, 0.2) is 11.9 Å². The lowest BCUT2D eigenvalue weighted by molar-refractivity contribution is 0.593. The molecule has 0 amide bonds. The van der Waals surface area contributed by atoms with E-state index < -0.39 is 7.80 Å². The number of rotatable bonds is 0. The van der Waals surface area contributed by atoms with Crippen molar-refractivity contribution in [1.29, 1.82) is 0 Å². The van der Waals surface area contributed by atoms with Gasteiger partial charge in [0.1, 0.15) is 0 Å². The van der Waals surface area contributed by atoms with Crippen LogP contribution in [0.1, 0.15) is 12.8 Å². The van der Waals surface area contributed by atoms with Gasteiger partial charge >= 0.3 is 0 Å². The molecule has 0 aromatic carbocycles. The van der Waals surface area contributed by atoms with Crippen molar-refractivity contribution in [3.05, 3.63) is 11.9 Å². The van der Waals surface area contributed by atoms with Crippen LogP contribution < -0.4 is 0 Å². The molecule has 1 heterocycles. The quantitative estimate of drug-likeness (QED) is 0.442. The third-order valence-electron chi connectivity index (χ3n) is 1.18. The third kappa shape index (κ3) is 0.889. The SMILES string of the molecule is C=C1CCC[P]1=O. The van der Waals surface area contributed by atoms with Crippen LogP contribution in [-0.4, -0.2) is 6.16 Å². The lowest BCUT2D eigenvalue weighted by Gasteiger charge is -1.81. The van der Waals surface area contributed by atoms with Crippen molar-refractivity contribution in [3.63, 3.8) is 0 Å². The molecule has 2 heteroatoms. The largest absolute Gasteiger partial charge is 0.282 e. The van der Waals surface area contributed by atoms with Crippen LogP contribution in [0.2, 0.25) is 0 Å². The fourth-order valence-electron chi connectivity index (χ4n) is 0.710. The summed E-state index contributed by atoms with van der Waals surface area (Å²) >= 11 is 0. The van der Waals surface area contributed by atoms with Crippen molar-refractivity contribution in [2.75, 3.05) is 6.16 Å². The molecule has 0 N–H and O–H groups in total. The highest BCUT2D eigenvalue weighted by Gasteiger charge is 2.12. The Labute approximate surface area is 44.2 Å². The van der Waals surface area contributed by atoms with Crippen LogP contribution in [0, 0.1) is 0 Å². The highest BCUT2D eigenvalue weighted by Crippen LogP contribution is 2.41. The molecule has 0 saturated carbocycles. The monoisotopic (exact) mass is 115 g/mol. The van der Waals surface area contributed by atoms with Gasteiger partial charge in [-0.3, -0.25) is 4.57 Å². The third-order valence-corrected chi connectivity index (χ3v) is 2.83. The molecule has 1 aliphatic rings. The minimum atomic E-state index is -0.971. The lowest BCUT2D eigenvalue weighted by Crippen LogP contribution is -1.57. The smallest absolute Gasteiger partial charge is 0.0991 e. The second-order valence-electron chi connectivity index (χ2n) is 1.77. The van der Waals surface area contributed by atoms with Crippen molar-refractivity contribution in [2.45, 2.75) is 12.8 Å². The summed E-state index contributed by atoms with van der Waals surface area (Å²) in [4.78, 5) is 0. The van der Waals surface area contributed by atoms with Gasteiger partial charge in [0, 0.05) is 11.5 Å². The van der Waals surface area contributed by atoms with Crippen LogP contribution in [0.4, 0.5) is 0 Å². The maximum Gasteiger partial charge on any atom is 0.0991 e. The molecule has 39 valence electrons. The molecular weight excluding hydrogens is 107 g/mol. The topological polar surface area (TPSA) is 17.1 Å². The van der Waals surface area contributed by atoms with Gasteiger partial charge in [-0.1, -0.05) is 6.58 Å². The zero-order valence-corrected chi connectivity index (χ0v) is 5.08. The summed E-state index contributed by atoms with van der Waals surface area (Å²) in [6.45, 7) is 3.65. The van der Waals surface area contributed by atoms with Gasteiger partial charge in [0.15, 0.2) is 0 Å². The highest BCUT2D eigenvalue weighted by atomic mass is 31.1. The van der Waals surface area contributed by atoms with Crippen LogP contribution >= 0.6 is 7.80 Å². The highest BCUT2D eigenvalue weighted by molar-refractivity contribution is 7.49. The van der Waals surface area contributed by atoms with Crippen LogP contribution in [0.5, 0.6) is 0 Å². The molecule has 0 bridgehead atoms. The molecular formula is C5H8OP. The molecule has 0 aromatic rings. The fourth-order valence-corrected chi connectivity index (χ4v) is 1.88. The first-order valence-corrected chi connectivity index (χ1v) is 3.87. The second kappa shape index (κ2) is 1.75. The summed E-state index contributed by atoms with van der Waals surface area (Å²) < 4.78 is 10.6. The molecule has 1 radical (unpaired) electrons. The number of allylic oxidation sites excluding steroid dienone is 1. The normalized spacial score (nSPS) is 26.3. The van der Waals surface area contributed by atoms with E-state index in [1.165, 1.54) is 0 Å². The summed E-state index contributed by atoms with van der Waals surface area (Å²) in [5.74, 6) is 0. The van der Waals surface area contributed by atoms with Crippen molar-refractivity contribution < 1.29 is 4.57 Å². The molecule has 7 heavy (non-hydrogen) atoms. The zero-order chi connectivity index (χ0) is 5.28. The van der Waals surface area contributed by atoms with E-state index in [1.807, 2.05) is 0 Å². The van der Waals surface area contributed by atoms with Gasteiger partial charge in [-0.15, -0.1) is 0 Å². The molecule has 1 saturated heterocycles. The molecule has 0 aliphatic carbocycles. The number of hydrogen-bond acceptors (Lipinski definition) is 1. The standard InChI is InChI=1S/C5H8OP/c1-5-3-2-4-7(5)6/h1-4H2. The molecule has 1 fully saturated rings. The maximum absolute atomic E-state index is 10.6. The number of hydrogen-bond donors (Lipinski definition) is 0. The average Bonchev–Trinajstić information content (AvgIpc) is 1.91. The molecule has 1 rings (SSSR count). The van der Waals surface area contributed by atoms with E-state index in [0.29, 0.717) is 0 Å². The Balaban J connectivity index is 2.65. The minimum absolute atomic E-state index is 0.883. The first-order valence-electron chi connectivity index (χ1n) is 2.43. The summed E-state index contributed by atoms with van der Waals surface area (Å²) in [6.07, 6.45) is 2.97. The summed E-state index contributed by atoms with van der Waals surface area (Å²) in [5.41, 5.74) is 0. The Hall–Kier alpha value is -0.160. The van der Waals surface area contributed by atoms with Crippen molar-refractivity contribution in [2.24, 2.45) is 0 Å². The van der Waals surface area contributed by atoms with Crippen LogP contribution in [0.25, 0.3) is 0 Å². The van der Waals surface area contributed by atoms with Crippen molar-refractivity contribution >= 4 is 7.80 Å². The molecule has 1 atom stereocenters. The second-order valence-corrected chi connectivity index (χ2v) is 3.61. The van der Waals surface area contributed by atoms with Gasteiger partial charge in [-0.25, -0.2) is 0 Å². The van der Waals surface area contributed by atoms with E-state index in [1.54, 1.807) is 0 Å². The Morgan fingerprint density at radius 1 is 1.71 bits per heavy atom. The zero-order valence-electron chi connectivity index (χ0n) is 4.18. The molecule has 0 aromatic heterocycles. The Bertz CT molecular complexity index is 103. The maximum atomic E-state index is 10.6. The Morgan fingerprint density at radius 2 is 2.43 bits per heavy atom. The van der Waals surface area contributed by atoms with Gasteiger partial charge in [0.25, 0.3) is 0 Å². The minimum Gasteiger partial charge on any atom is -0.282 e. The van der Waals surface area contributed by atoms with E-state index in [4.69, 9.17) is 0 Å². The van der Waals surface area contributed by atoms with Crippen LogP contribution in [0.3, 0.4) is 0 Å². The predicted molar refractivity (Wildman–Crippen MR) is 30.8 cm³/mol. The van der Waals surface area contributed by atoms with E-state index >= 15 is 0 Å². The molecule has 0 spiro atoms. The van der Waals surface area contributed by atoms with E-state index in [0.717, 1.165) is 24.3 Å². The molecule has 1 nitrogen and oxygen atoms in total. The first-order chi connectivity index (χ1) is 3.30. The van der Waals surface area contributed by atoms with E-state index in [9.17, 15) is 4.57 Å². The van der Waals surface area contributed by atoms with Crippen LogP contribution in [-0.2, 0) is 4.57 Å². The van der Waals surface area contributed by atoms with Gasteiger partial charge < -0.3 is 0 Å². The predicted octanol–water partition coefficient (Wildman–Crippen LogP) is 2.12. The van der Waals surface area contributed by atoms with Crippen molar-refractivity contribution in [1.82, 2.24) is 0 Å². The van der Waals surface area contributed by atoms with Gasteiger partial charge in [-0.2, -0.15) is 0 Å². The Morgan fingerprint density at radius 3 is 2.57 bits per heavy atom. The molecule has 1 unspecified atom stereocenters. The lowest BCUT2D eigenvalue weighted by atomic mass is 10.3. The Kier molecular flexibility index (Phi) is 1.25. The average molecular weight is 115 g/mol. The molecule has 1 aliphatic heterocycles. The first kappa shape index (κ1) is 4.99. The fraction of sp³-hybridized carbons (Fsp3) is 0.600.